The van der Waals surface area contributed by atoms with Gasteiger partial charge in [0.2, 0.25) is 0 Å². The van der Waals surface area contributed by atoms with Gasteiger partial charge in [-0.1, -0.05) is 23.2 Å². The maximum absolute atomic E-state index is 6.22. The van der Waals surface area contributed by atoms with Crippen molar-refractivity contribution in [2.75, 3.05) is 24.7 Å². The Morgan fingerprint density at radius 1 is 1.20 bits per heavy atom. The number of benzene rings is 1. The summed E-state index contributed by atoms with van der Waals surface area (Å²) in [6, 6.07) is 4.04. The SMILES string of the molecule is Clc1cc(Cl)c2c(c1)C(NCC1CCSCC1)CCO2. The van der Waals surface area contributed by atoms with Gasteiger partial charge in [-0.3, -0.25) is 0 Å². The van der Waals surface area contributed by atoms with E-state index in [1.54, 1.807) is 6.07 Å². The van der Waals surface area contributed by atoms with Crippen molar-refractivity contribution in [2.45, 2.75) is 25.3 Å². The summed E-state index contributed by atoms with van der Waals surface area (Å²) in [4.78, 5) is 0. The van der Waals surface area contributed by atoms with Gasteiger partial charge in [0.25, 0.3) is 0 Å². The van der Waals surface area contributed by atoms with Crippen molar-refractivity contribution in [3.8, 4) is 5.75 Å². The first-order valence-corrected chi connectivity index (χ1v) is 9.08. The third kappa shape index (κ3) is 3.38. The largest absolute Gasteiger partial charge is 0.492 e. The van der Waals surface area contributed by atoms with E-state index >= 15 is 0 Å². The number of fused-ring (bicyclic) bond motifs is 1. The molecule has 20 heavy (non-hydrogen) atoms. The second-order valence-electron chi connectivity index (χ2n) is 5.46. The summed E-state index contributed by atoms with van der Waals surface area (Å²) < 4.78 is 5.70. The van der Waals surface area contributed by atoms with Crippen LogP contribution in [-0.4, -0.2) is 24.7 Å². The summed E-state index contributed by atoms with van der Waals surface area (Å²) in [5.41, 5.74) is 1.11. The Hall–Kier alpha value is -0.0900. The monoisotopic (exact) mass is 331 g/mol. The van der Waals surface area contributed by atoms with Gasteiger partial charge in [-0.05, 0) is 48.9 Å². The molecule has 1 atom stereocenters. The minimum absolute atomic E-state index is 0.310. The summed E-state index contributed by atoms with van der Waals surface area (Å²) in [6.45, 7) is 1.79. The molecule has 3 rings (SSSR count). The van der Waals surface area contributed by atoms with Gasteiger partial charge in [0.1, 0.15) is 5.75 Å². The number of ether oxygens (including phenoxy) is 1. The van der Waals surface area contributed by atoms with Crippen molar-refractivity contribution in [3.63, 3.8) is 0 Å². The van der Waals surface area contributed by atoms with Gasteiger partial charge >= 0.3 is 0 Å². The molecule has 0 radical (unpaired) electrons. The van der Waals surface area contributed by atoms with Crippen LogP contribution in [0.2, 0.25) is 10.0 Å². The van der Waals surface area contributed by atoms with E-state index < -0.39 is 0 Å². The summed E-state index contributed by atoms with van der Waals surface area (Å²) >= 11 is 14.4. The first-order valence-electron chi connectivity index (χ1n) is 7.17. The van der Waals surface area contributed by atoms with Crippen LogP contribution in [0.25, 0.3) is 0 Å². The molecule has 0 saturated carbocycles. The summed E-state index contributed by atoms with van der Waals surface area (Å²) in [7, 11) is 0. The zero-order valence-corrected chi connectivity index (χ0v) is 13.7. The van der Waals surface area contributed by atoms with E-state index in [1.807, 2.05) is 6.07 Å². The van der Waals surface area contributed by atoms with Gasteiger partial charge in [0.15, 0.2) is 0 Å². The predicted molar refractivity (Wildman–Crippen MR) is 87.4 cm³/mol. The van der Waals surface area contributed by atoms with E-state index in [9.17, 15) is 0 Å². The number of rotatable bonds is 3. The molecular formula is C15H19Cl2NOS. The van der Waals surface area contributed by atoms with Crippen LogP contribution in [0.15, 0.2) is 12.1 Å². The molecule has 0 amide bonds. The van der Waals surface area contributed by atoms with E-state index in [2.05, 4.69) is 17.1 Å². The molecule has 1 N–H and O–H groups in total. The highest BCUT2D eigenvalue weighted by atomic mass is 35.5. The Labute approximate surface area is 134 Å². The quantitative estimate of drug-likeness (QED) is 0.877. The van der Waals surface area contributed by atoms with Gasteiger partial charge in [-0.2, -0.15) is 11.8 Å². The number of thioether (sulfide) groups is 1. The lowest BCUT2D eigenvalue weighted by Gasteiger charge is -2.30. The summed E-state index contributed by atoms with van der Waals surface area (Å²) in [5, 5.41) is 4.99. The van der Waals surface area contributed by atoms with Crippen LogP contribution in [0.3, 0.4) is 0 Å². The standard InChI is InChI=1S/C15H19Cl2NOS/c16-11-7-12-14(1-4-19-15(12)13(17)8-11)18-9-10-2-5-20-6-3-10/h7-8,10,14,18H,1-6,9H2. The van der Waals surface area contributed by atoms with Gasteiger partial charge in [-0.25, -0.2) is 0 Å². The van der Waals surface area contributed by atoms with Crippen LogP contribution >= 0.6 is 35.0 Å². The van der Waals surface area contributed by atoms with E-state index in [0.29, 0.717) is 22.7 Å². The van der Waals surface area contributed by atoms with Gasteiger partial charge in [0.05, 0.1) is 11.6 Å². The average molecular weight is 332 g/mol. The molecule has 1 saturated heterocycles. The van der Waals surface area contributed by atoms with E-state index in [0.717, 1.165) is 30.2 Å². The number of nitrogens with one attached hydrogen (secondary N) is 1. The molecule has 2 heterocycles. The van der Waals surface area contributed by atoms with Gasteiger partial charge in [-0.15, -0.1) is 0 Å². The predicted octanol–water partition coefficient (Wildman–Crippen LogP) is 4.55. The van der Waals surface area contributed by atoms with Gasteiger partial charge in [0, 0.05) is 23.0 Å². The molecule has 1 fully saturated rings. The molecule has 110 valence electrons. The highest BCUT2D eigenvalue weighted by Crippen LogP contribution is 2.40. The Morgan fingerprint density at radius 2 is 2.00 bits per heavy atom. The van der Waals surface area contributed by atoms with Crippen molar-refractivity contribution < 1.29 is 4.74 Å². The number of hydrogen-bond acceptors (Lipinski definition) is 3. The molecule has 0 aliphatic carbocycles. The molecular weight excluding hydrogens is 313 g/mol. The zero-order chi connectivity index (χ0) is 13.9. The van der Waals surface area contributed by atoms with Crippen LogP contribution in [0.1, 0.15) is 30.9 Å². The van der Waals surface area contributed by atoms with Crippen molar-refractivity contribution in [1.29, 1.82) is 0 Å². The molecule has 0 bridgehead atoms. The highest BCUT2D eigenvalue weighted by molar-refractivity contribution is 7.99. The third-order valence-corrected chi connectivity index (χ3v) is 5.61. The van der Waals surface area contributed by atoms with Crippen molar-refractivity contribution >= 4 is 35.0 Å². The Kier molecular flexibility index (Phi) is 5.03. The maximum Gasteiger partial charge on any atom is 0.142 e. The lowest BCUT2D eigenvalue weighted by atomic mass is 9.98. The van der Waals surface area contributed by atoms with E-state index in [4.69, 9.17) is 27.9 Å². The Bertz CT molecular complexity index is 477. The smallest absolute Gasteiger partial charge is 0.142 e. The second kappa shape index (κ2) is 6.78. The molecule has 5 heteroatoms. The molecule has 1 aromatic rings. The molecule has 2 nitrogen and oxygen atoms in total. The molecule has 1 aromatic carbocycles. The topological polar surface area (TPSA) is 21.3 Å². The van der Waals surface area contributed by atoms with Crippen LogP contribution in [-0.2, 0) is 0 Å². The molecule has 2 aliphatic rings. The van der Waals surface area contributed by atoms with E-state index in [1.165, 1.54) is 24.3 Å². The molecule has 0 aromatic heterocycles. The van der Waals surface area contributed by atoms with E-state index in [-0.39, 0.29) is 0 Å². The zero-order valence-electron chi connectivity index (χ0n) is 11.3. The molecule has 0 spiro atoms. The van der Waals surface area contributed by atoms with Crippen LogP contribution in [0, 0.1) is 5.92 Å². The van der Waals surface area contributed by atoms with Crippen molar-refractivity contribution in [3.05, 3.63) is 27.7 Å². The fourth-order valence-corrected chi connectivity index (χ4v) is 4.67. The number of halogens is 2. The van der Waals surface area contributed by atoms with Crippen molar-refractivity contribution in [2.24, 2.45) is 5.92 Å². The normalized spacial score (nSPS) is 23.2. The molecule has 2 aliphatic heterocycles. The Morgan fingerprint density at radius 3 is 2.80 bits per heavy atom. The minimum Gasteiger partial charge on any atom is -0.492 e. The lowest BCUT2D eigenvalue weighted by Crippen LogP contribution is -2.32. The average Bonchev–Trinajstić information content (AvgIpc) is 2.46. The second-order valence-corrected chi connectivity index (χ2v) is 7.53. The fraction of sp³-hybridized carbons (Fsp3) is 0.600. The third-order valence-electron chi connectivity index (χ3n) is 4.06. The minimum atomic E-state index is 0.310. The van der Waals surface area contributed by atoms with Gasteiger partial charge < -0.3 is 10.1 Å². The number of hydrogen-bond donors (Lipinski definition) is 1. The van der Waals surface area contributed by atoms with Crippen LogP contribution in [0.5, 0.6) is 5.75 Å². The molecule has 1 unspecified atom stereocenters. The first-order chi connectivity index (χ1) is 9.74. The van der Waals surface area contributed by atoms with Crippen LogP contribution in [0.4, 0.5) is 0 Å². The summed E-state index contributed by atoms with van der Waals surface area (Å²) in [6.07, 6.45) is 3.62. The lowest BCUT2D eigenvalue weighted by molar-refractivity contribution is 0.247. The van der Waals surface area contributed by atoms with Crippen LogP contribution < -0.4 is 10.1 Å². The fourth-order valence-electron chi connectivity index (χ4n) is 2.90. The van der Waals surface area contributed by atoms with Crippen molar-refractivity contribution in [1.82, 2.24) is 5.32 Å². The Balaban J connectivity index is 1.69. The summed E-state index contributed by atoms with van der Waals surface area (Å²) in [5.74, 6) is 4.21. The maximum atomic E-state index is 6.22. The first kappa shape index (κ1) is 14.8. The highest BCUT2D eigenvalue weighted by Gasteiger charge is 2.25.